The third-order valence-electron chi connectivity index (χ3n) is 7.01. The Morgan fingerprint density at radius 3 is 2.16 bits per heavy atom. The van der Waals surface area contributed by atoms with Crippen molar-refractivity contribution in [3.63, 3.8) is 0 Å². The summed E-state index contributed by atoms with van der Waals surface area (Å²) in [6.07, 6.45) is 11.0. The molecule has 0 aliphatic carbocycles. The minimum Gasteiger partial charge on any atom is -0.506 e. The number of nitrogens with one attached hydrogen (secondary N) is 1. The zero-order chi connectivity index (χ0) is 33.0. The molecular weight excluding hydrogens is 662 g/mol. The summed E-state index contributed by atoms with van der Waals surface area (Å²) in [4.78, 5) is -0.811. The number of azo groups is 1. The zero-order valence-corrected chi connectivity index (χ0v) is 28.6. The van der Waals surface area contributed by atoms with E-state index in [0.29, 0.717) is 6.42 Å². The van der Waals surface area contributed by atoms with Gasteiger partial charge in [-0.2, -0.15) is 9.48 Å². The van der Waals surface area contributed by atoms with Gasteiger partial charge in [0.25, 0.3) is 0 Å². The maximum atomic E-state index is 13.4. The van der Waals surface area contributed by atoms with Crippen LogP contribution in [0.2, 0.25) is 5.02 Å². The summed E-state index contributed by atoms with van der Waals surface area (Å²) in [5.74, 6) is -0.549. The van der Waals surface area contributed by atoms with Gasteiger partial charge < -0.3 is 5.11 Å². The molecule has 1 atom stereocenters. The molecule has 0 spiro atoms. The number of thiol groups is 1. The first kappa shape index (κ1) is 36.8. The van der Waals surface area contributed by atoms with Crippen LogP contribution in [0.5, 0.6) is 5.75 Å². The highest BCUT2D eigenvalue weighted by molar-refractivity contribution is 7.89. The number of benzene rings is 3. The predicted molar refractivity (Wildman–Crippen MR) is 178 cm³/mol. The van der Waals surface area contributed by atoms with E-state index in [1.54, 1.807) is 0 Å². The number of phenols is 1. The second kappa shape index (κ2) is 17.3. The van der Waals surface area contributed by atoms with Crippen LogP contribution in [0, 0.1) is 0 Å². The number of phenolic OH excluding ortho intramolecular Hbond substituents is 1. The number of fused-ring (bicyclic) bond motifs is 1. The lowest BCUT2D eigenvalue weighted by atomic mass is 10.1. The fourth-order valence-corrected chi connectivity index (χ4v) is 7.37. The highest BCUT2D eigenvalue weighted by Gasteiger charge is 2.24. The third-order valence-corrected chi connectivity index (χ3v) is 10.6. The van der Waals surface area contributed by atoms with Crippen molar-refractivity contribution in [2.24, 2.45) is 19.7 Å². The van der Waals surface area contributed by atoms with Gasteiger partial charge in [-0.15, -0.1) is 5.11 Å². The molecule has 0 fully saturated rings. The van der Waals surface area contributed by atoms with Crippen LogP contribution in [-0.4, -0.2) is 39.8 Å². The first-order valence-corrected chi connectivity index (χ1v) is 19.2. The number of aromatic hydroxyl groups is 1. The summed E-state index contributed by atoms with van der Waals surface area (Å²) >= 11 is 5.97. The normalized spacial score (nSPS) is 13.2. The molecule has 1 unspecified atom stereocenters. The van der Waals surface area contributed by atoms with Gasteiger partial charge in [-0.3, -0.25) is 4.18 Å². The molecule has 0 aliphatic rings. The van der Waals surface area contributed by atoms with Crippen molar-refractivity contribution in [2.45, 2.75) is 80.9 Å². The molecule has 0 saturated carbocycles. The molecule has 3 aromatic carbocycles. The average molecular weight is 702 g/mol. The van der Waals surface area contributed by atoms with Crippen LogP contribution in [0.4, 0.5) is 17.1 Å². The number of rotatable bonds is 18. The molecule has 0 radical (unpaired) electrons. The van der Waals surface area contributed by atoms with Gasteiger partial charge >= 0.3 is 0 Å². The Hall–Kier alpha value is -2.66. The fraction of sp³-hybridized carbons (Fsp3) is 0.448. The summed E-state index contributed by atoms with van der Waals surface area (Å²) in [5, 5.41) is 24.7. The highest BCUT2D eigenvalue weighted by Crippen LogP contribution is 2.43. The van der Waals surface area contributed by atoms with Crippen molar-refractivity contribution in [2.75, 3.05) is 13.7 Å². The number of primary sulfonamides is 1. The largest absolute Gasteiger partial charge is 0.506 e. The standard InChI is InChI=1S/C29H40ClN5O7S3/c1-3-4-5-6-7-8-9-10-11-12-18-32-45(40,41)27-20-25(34-33-21-16-17-23(30)26(19-21)44(31,38)39)28-22(29(27)36)14-13-15-24(28)35-43(37)42-2/h13-17,19-20,32,36,43H,3-12,18H2,1-2H3,(H2,31,38,39)/b34-33+. The van der Waals surface area contributed by atoms with Crippen molar-refractivity contribution in [3.8, 4) is 5.75 Å². The molecule has 3 aromatic rings. The maximum absolute atomic E-state index is 13.4. The van der Waals surface area contributed by atoms with E-state index in [2.05, 4.69) is 26.2 Å². The predicted octanol–water partition coefficient (Wildman–Crippen LogP) is 7.32. The number of hydrogen-bond donors (Lipinski definition) is 4. The van der Waals surface area contributed by atoms with E-state index in [-0.39, 0.29) is 44.3 Å². The summed E-state index contributed by atoms with van der Waals surface area (Å²) < 4.78 is 74.0. The number of halogens is 1. The van der Waals surface area contributed by atoms with E-state index in [4.69, 9.17) is 20.9 Å². The fourth-order valence-electron chi connectivity index (χ4n) is 4.68. The molecule has 16 heteroatoms. The zero-order valence-electron chi connectivity index (χ0n) is 25.3. The number of nitrogens with zero attached hydrogens (tertiary/aromatic N) is 3. The lowest BCUT2D eigenvalue weighted by molar-refractivity contribution is 0.453. The van der Waals surface area contributed by atoms with Crippen LogP contribution < -0.4 is 9.86 Å². The quantitative estimate of drug-likeness (QED) is 0.0607. The number of hydrogen-bond acceptors (Lipinski definition) is 10. The lowest BCUT2D eigenvalue weighted by Gasteiger charge is -2.13. The van der Waals surface area contributed by atoms with E-state index in [0.717, 1.165) is 31.4 Å². The van der Waals surface area contributed by atoms with E-state index in [1.165, 1.54) is 76.0 Å². The third kappa shape index (κ3) is 10.7. The summed E-state index contributed by atoms with van der Waals surface area (Å²) in [6.45, 7) is 2.37. The summed E-state index contributed by atoms with van der Waals surface area (Å²) in [6, 6.07) is 9.37. The minimum atomic E-state index is -4.20. The van der Waals surface area contributed by atoms with Gasteiger partial charge in [-0.1, -0.05) is 88.4 Å². The van der Waals surface area contributed by atoms with E-state index in [9.17, 15) is 26.2 Å². The molecule has 45 heavy (non-hydrogen) atoms. The smallest absolute Gasteiger partial charge is 0.244 e. The number of sulfonamides is 2. The molecule has 12 nitrogen and oxygen atoms in total. The second-order valence-corrected chi connectivity index (χ2v) is 15.1. The van der Waals surface area contributed by atoms with E-state index >= 15 is 0 Å². The average Bonchev–Trinajstić information content (AvgIpc) is 2.99. The SMILES string of the molecule is CCCCCCCCCCCCNS(=O)(=O)c1cc(/N=N/c2ccc(Cl)c(S(N)(=O)=O)c2)c2c(N=[SH](=O)OC)cccc2c1O. The molecule has 4 N–H and O–H groups in total. The Morgan fingerprint density at radius 1 is 0.889 bits per heavy atom. The first-order chi connectivity index (χ1) is 21.4. The van der Waals surface area contributed by atoms with E-state index in [1.807, 2.05) is 0 Å². The highest BCUT2D eigenvalue weighted by atomic mass is 35.5. The van der Waals surface area contributed by atoms with Gasteiger partial charge in [-0.05, 0) is 36.8 Å². The molecule has 3 rings (SSSR count). The molecule has 0 aromatic heterocycles. The molecular formula is C29H40ClN5O7S3. The second-order valence-electron chi connectivity index (χ2n) is 10.4. The van der Waals surface area contributed by atoms with Crippen LogP contribution in [0.1, 0.15) is 71.1 Å². The van der Waals surface area contributed by atoms with Crippen molar-refractivity contribution in [1.82, 2.24) is 4.72 Å². The monoisotopic (exact) mass is 701 g/mol. The Bertz CT molecular complexity index is 1810. The molecule has 0 saturated heterocycles. The Labute approximate surface area is 272 Å². The van der Waals surface area contributed by atoms with Gasteiger partial charge in [0.2, 0.25) is 20.0 Å². The van der Waals surface area contributed by atoms with E-state index < -0.39 is 41.6 Å². The molecule has 0 aliphatic heterocycles. The maximum Gasteiger partial charge on any atom is 0.244 e. The molecule has 248 valence electrons. The van der Waals surface area contributed by atoms with Crippen LogP contribution in [0.25, 0.3) is 10.8 Å². The number of unbranched alkanes of at least 4 members (excludes halogenated alkanes) is 9. The summed E-state index contributed by atoms with van der Waals surface area (Å²) in [7, 11) is -9.64. The van der Waals surface area contributed by atoms with Crippen molar-refractivity contribution < 1.29 is 30.3 Å². The molecule has 0 bridgehead atoms. The summed E-state index contributed by atoms with van der Waals surface area (Å²) in [5.41, 5.74) is 0.0990. The van der Waals surface area contributed by atoms with Crippen molar-refractivity contribution >= 4 is 70.4 Å². The molecule has 0 amide bonds. The number of nitrogens with two attached hydrogens (primary N) is 1. The Balaban J connectivity index is 1.91. The molecule has 0 heterocycles. The van der Waals surface area contributed by atoms with Crippen molar-refractivity contribution in [3.05, 3.63) is 47.5 Å². The van der Waals surface area contributed by atoms with Crippen LogP contribution >= 0.6 is 11.6 Å². The Morgan fingerprint density at radius 2 is 1.53 bits per heavy atom. The van der Waals surface area contributed by atoms with Gasteiger partial charge in [0.05, 0.1) is 29.2 Å². The van der Waals surface area contributed by atoms with Gasteiger partial charge in [0.1, 0.15) is 15.5 Å². The lowest BCUT2D eigenvalue weighted by Crippen LogP contribution is -2.25. The van der Waals surface area contributed by atoms with Crippen molar-refractivity contribution in [1.29, 1.82) is 0 Å². The van der Waals surface area contributed by atoms with Crippen LogP contribution in [-0.2, 0) is 35.1 Å². The van der Waals surface area contributed by atoms with Gasteiger partial charge in [0.15, 0.2) is 10.9 Å². The van der Waals surface area contributed by atoms with Crippen LogP contribution in [0.3, 0.4) is 0 Å². The minimum absolute atomic E-state index is 0.0468. The van der Waals surface area contributed by atoms with Gasteiger partial charge in [-0.25, -0.2) is 30.9 Å². The van der Waals surface area contributed by atoms with Crippen LogP contribution in [0.15, 0.2) is 66.8 Å². The van der Waals surface area contributed by atoms with Gasteiger partial charge in [0, 0.05) is 17.3 Å². The first-order valence-electron chi connectivity index (χ1n) is 14.6. The topological polar surface area (TPSA) is 190 Å². The Kier molecular flexibility index (Phi) is 14.2.